The molecule has 1 aromatic rings. The van der Waals surface area contributed by atoms with Crippen molar-refractivity contribution in [3.05, 3.63) is 35.9 Å². The van der Waals surface area contributed by atoms with E-state index in [1.165, 1.54) is 5.56 Å². The van der Waals surface area contributed by atoms with Crippen molar-refractivity contribution in [2.45, 2.75) is 19.8 Å². The van der Waals surface area contributed by atoms with Gasteiger partial charge in [-0.25, -0.2) is 4.79 Å². The minimum Gasteiger partial charge on any atom is -0.338 e. The molecule has 0 heterocycles. The molecule has 0 unspecified atom stereocenters. The van der Waals surface area contributed by atoms with E-state index in [-0.39, 0.29) is 6.03 Å². The molecular weight excluding hydrogens is 226 g/mol. The van der Waals surface area contributed by atoms with Gasteiger partial charge in [0.1, 0.15) is 0 Å². The van der Waals surface area contributed by atoms with Crippen molar-refractivity contribution in [2.24, 2.45) is 0 Å². The average molecular weight is 245 g/mol. The fraction of sp³-hybridized carbons (Fsp3) is 0.429. The molecule has 0 atom stereocenters. The van der Waals surface area contributed by atoms with Crippen LogP contribution in [0, 0.1) is 11.3 Å². The van der Waals surface area contributed by atoms with Crippen LogP contribution in [-0.2, 0) is 6.42 Å². The van der Waals surface area contributed by atoms with Crippen molar-refractivity contribution in [1.29, 1.82) is 5.26 Å². The van der Waals surface area contributed by atoms with Gasteiger partial charge in [0.15, 0.2) is 0 Å². The Kier molecular flexibility index (Phi) is 6.34. The van der Waals surface area contributed by atoms with Crippen LogP contribution in [0.3, 0.4) is 0 Å². The van der Waals surface area contributed by atoms with Crippen LogP contribution < -0.4 is 5.32 Å². The topological polar surface area (TPSA) is 56.1 Å². The number of rotatable bonds is 6. The summed E-state index contributed by atoms with van der Waals surface area (Å²) in [6.07, 6.45) is 1.20. The quantitative estimate of drug-likeness (QED) is 0.835. The molecule has 0 aliphatic carbocycles. The second-order valence-corrected chi connectivity index (χ2v) is 3.96. The fourth-order valence-electron chi connectivity index (χ4n) is 1.66. The number of nitrogens with one attached hydrogen (secondary N) is 1. The third kappa shape index (κ3) is 4.88. The molecule has 0 saturated carbocycles. The number of nitrogens with zero attached hydrogens (tertiary/aromatic N) is 2. The highest BCUT2D eigenvalue weighted by molar-refractivity contribution is 5.74. The Hall–Kier alpha value is -2.02. The van der Waals surface area contributed by atoms with E-state index < -0.39 is 0 Å². The van der Waals surface area contributed by atoms with Gasteiger partial charge in [0.05, 0.1) is 12.5 Å². The van der Waals surface area contributed by atoms with E-state index >= 15 is 0 Å². The zero-order valence-corrected chi connectivity index (χ0v) is 10.7. The summed E-state index contributed by atoms with van der Waals surface area (Å²) in [6, 6.07) is 12.0. The Labute approximate surface area is 108 Å². The lowest BCUT2D eigenvalue weighted by molar-refractivity contribution is 0.202. The number of hydrogen-bond donors (Lipinski definition) is 1. The second kappa shape index (κ2) is 8.13. The van der Waals surface area contributed by atoms with Gasteiger partial charge >= 0.3 is 6.03 Å². The van der Waals surface area contributed by atoms with Crippen LogP contribution in [0.15, 0.2) is 30.3 Å². The minimum absolute atomic E-state index is 0.0938. The third-order valence-corrected chi connectivity index (χ3v) is 2.70. The number of benzene rings is 1. The highest BCUT2D eigenvalue weighted by Gasteiger charge is 2.09. The lowest BCUT2D eigenvalue weighted by atomic mass is 10.1. The molecule has 4 nitrogen and oxygen atoms in total. The van der Waals surface area contributed by atoms with Gasteiger partial charge < -0.3 is 10.2 Å². The van der Waals surface area contributed by atoms with Gasteiger partial charge in [0.25, 0.3) is 0 Å². The maximum absolute atomic E-state index is 11.8. The predicted octanol–water partition coefficient (Wildman–Crippen LogP) is 2.17. The molecule has 0 spiro atoms. The van der Waals surface area contributed by atoms with Gasteiger partial charge in [-0.3, -0.25) is 0 Å². The second-order valence-electron chi connectivity index (χ2n) is 3.96. The molecule has 0 aliphatic rings. The van der Waals surface area contributed by atoms with E-state index in [1.54, 1.807) is 4.90 Å². The molecule has 2 amide bonds. The first kappa shape index (κ1) is 14.0. The Balaban J connectivity index is 2.29. The van der Waals surface area contributed by atoms with Crippen LogP contribution in [0.1, 0.15) is 18.9 Å². The molecule has 18 heavy (non-hydrogen) atoms. The zero-order chi connectivity index (χ0) is 13.2. The monoisotopic (exact) mass is 245 g/mol. The van der Waals surface area contributed by atoms with Crippen molar-refractivity contribution < 1.29 is 4.79 Å². The number of urea groups is 1. The van der Waals surface area contributed by atoms with Crippen LogP contribution in [0.25, 0.3) is 0 Å². The number of amides is 2. The largest absolute Gasteiger partial charge is 0.338 e. The van der Waals surface area contributed by atoms with E-state index in [0.717, 1.165) is 6.42 Å². The molecule has 0 fully saturated rings. The lowest BCUT2D eigenvalue weighted by Gasteiger charge is -2.20. The standard InChI is InChI=1S/C14H19N3O/c1-2-17(12-6-10-15)14(18)16-11-9-13-7-4-3-5-8-13/h3-5,7-8H,2,6,9,11-12H2,1H3,(H,16,18). The number of carbonyl (C=O) groups excluding carboxylic acids is 1. The van der Waals surface area contributed by atoms with Gasteiger partial charge in [-0.05, 0) is 18.9 Å². The van der Waals surface area contributed by atoms with E-state index in [1.807, 2.05) is 43.3 Å². The first-order chi connectivity index (χ1) is 8.77. The van der Waals surface area contributed by atoms with Crippen LogP contribution in [-0.4, -0.2) is 30.6 Å². The summed E-state index contributed by atoms with van der Waals surface area (Å²) >= 11 is 0. The maximum Gasteiger partial charge on any atom is 0.317 e. The fourth-order valence-corrected chi connectivity index (χ4v) is 1.66. The van der Waals surface area contributed by atoms with Crippen LogP contribution in [0.4, 0.5) is 4.79 Å². The molecule has 0 aliphatic heterocycles. The summed E-state index contributed by atoms with van der Waals surface area (Å²) in [5.41, 5.74) is 1.21. The number of hydrogen-bond acceptors (Lipinski definition) is 2. The van der Waals surface area contributed by atoms with Gasteiger partial charge in [-0.15, -0.1) is 0 Å². The summed E-state index contributed by atoms with van der Waals surface area (Å²) in [6.45, 7) is 3.64. The number of carbonyl (C=O) groups is 1. The first-order valence-electron chi connectivity index (χ1n) is 6.21. The Morgan fingerprint density at radius 1 is 1.39 bits per heavy atom. The molecule has 1 N–H and O–H groups in total. The van der Waals surface area contributed by atoms with Crippen molar-refractivity contribution in [1.82, 2.24) is 10.2 Å². The molecule has 0 saturated heterocycles. The minimum atomic E-state index is -0.0938. The van der Waals surface area contributed by atoms with E-state index in [9.17, 15) is 4.79 Å². The van der Waals surface area contributed by atoms with Crippen molar-refractivity contribution in [2.75, 3.05) is 19.6 Å². The molecular formula is C14H19N3O. The lowest BCUT2D eigenvalue weighted by Crippen LogP contribution is -2.41. The summed E-state index contributed by atoms with van der Waals surface area (Å²) in [5, 5.41) is 11.4. The predicted molar refractivity (Wildman–Crippen MR) is 71.0 cm³/mol. The van der Waals surface area contributed by atoms with Crippen LogP contribution >= 0.6 is 0 Å². The zero-order valence-electron chi connectivity index (χ0n) is 10.7. The Morgan fingerprint density at radius 3 is 2.72 bits per heavy atom. The Morgan fingerprint density at radius 2 is 2.11 bits per heavy atom. The molecule has 4 heteroatoms. The maximum atomic E-state index is 11.8. The smallest absolute Gasteiger partial charge is 0.317 e. The van der Waals surface area contributed by atoms with Crippen molar-refractivity contribution in [3.63, 3.8) is 0 Å². The molecule has 1 rings (SSSR count). The molecule has 0 radical (unpaired) electrons. The highest BCUT2D eigenvalue weighted by atomic mass is 16.2. The molecule has 0 bridgehead atoms. The summed E-state index contributed by atoms with van der Waals surface area (Å²) in [5.74, 6) is 0. The molecule has 96 valence electrons. The van der Waals surface area contributed by atoms with Crippen molar-refractivity contribution in [3.8, 4) is 6.07 Å². The number of nitriles is 1. The van der Waals surface area contributed by atoms with Crippen molar-refractivity contribution >= 4 is 6.03 Å². The van der Waals surface area contributed by atoms with Gasteiger partial charge in [0, 0.05) is 19.6 Å². The van der Waals surface area contributed by atoms with Gasteiger partial charge in [0.2, 0.25) is 0 Å². The average Bonchev–Trinajstić information content (AvgIpc) is 2.41. The highest BCUT2D eigenvalue weighted by Crippen LogP contribution is 1.98. The van der Waals surface area contributed by atoms with E-state index in [0.29, 0.717) is 26.1 Å². The summed E-state index contributed by atoms with van der Waals surface area (Å²) < 4.78 is 0. The first-order valence-corrected chi connectivity index (χ1v) is 6.21. The van der Waals surface area contributed by atoms with Gasteiger partial charge in [-0.2, -0.15) is 5.26 Å². The van der Waals surface area contributed by atoms with Crippen LogP contribution in [0.2, 0.25) is 0 Å². The van der Waals surface area contributed by atoms with E-state index in [2.05, 4.69) is 5.32 Å². The third-order valence-electron chi connectivity index (χ3n) is 2.70. The SMILES string of the molecule is CCN(CCC#N)C(=O)NCCc1ccccc1. The Bertz CT molecular complexity index is 397. The summed E-state index contributed by atoms with van der Waals surface area (Å²) in [7, 11) is 0. The van der Waals surface area contributed by atoms with Crippen LogP contribution in [0.5, 0.6) is 0 Å². The molecule has 1 aromatic carbocycles. The van der Waals surface area contributed by atoms with E-state index in [4.69, 9.17) is 5.26 Å². The molecule has 0 aromatic heterocycles. The normalized spacial score (nSPS) is 9.56. The summed E-state index contributed by atoms with van der Waals surface area (Å²) in [4.78, 5) is 13.4. The van der Waals surface area contributed by atoms with Gasteiger partial charge in [-0.1, -0.05) is 30.3 Å².